The minimum Gasteiger partial charge on any atom is -0.466 e. The molecule has 1 aromatic carbocycles. The normalized spacial score (nSPS) is 11.0. The maximum Gasteiger partial charge on any atom is 0.266 e. The van der Waals surface area contributed by atoms with E-state index in [0.29, 0.717) is 11.8 Å². The van der Waals surface area contributed by atoms with Crippen molar-refractivity contribution in [3.63, 3.8) is 0 Å². The van der Waals surface area contributed by atoms with Gasteiger partial charge in [0.25, 0.3) is 11.8 Å². The molecule has 0 saturated carbocycles. The first kappa shape index (κ1) is 13.5. The van der Waals surface area contributed by atoms with Crippen molar-refractivity contribution in [1.82, 2.24) is 19.7 Å². The second kappa shape index (κ2) is 5.24. The van der Waals surface area contributed by atoms with E-state index in [-0.39, 0.29) is 0 Å². The second-order valence-electron chi connectivity index (χ2n) is 5.22. The zero-order valence-corrected chi connectivity index (χ0v) is 12.7. The maximum absolute atomic E-state index is 5.83. The van der Waals surface area contributed by atoms with E-state index in [4.69, 9.17) is 8.83 Å². The van der Waals surface area contributed by atoms with Crippen LogP contribution >= 0.6 is 0 Å². The SMILES string of the molecule is Cc1cc(-c2nnc(-c3cncn3-c3ccccc3)o2)c(C)o1. The average molecular weight is 306 g/mol. The molecule has 0 amide bonds. The number of aryl methyl sites for hydroxylation is 2. The lowest BCUT2D eigenvalue weighted by Gasteiger charge is -2.04. The molecule has 0 aliphatic heterocycles. The van der Waals surface area contributed by atoms with Crippen molar-refractivity contribution in [1.29, 1.82) is 0 Å². The number of para-hydroxylation sites is 1. The Hall–Kier alpha value is -3.15. The molecule has 0 spiro atoms. The molecule has 0 aliphatic rings. The van der Waals surface area contributed by atoms with E-state index in [1.807, 2.05) is 54.8 Å². The molecule has 0 saturated heterocycles. The van der Waals surface area contributed by atoms with E-state index in [0.717, 1.165) is 28.5 Å². The molecule has 0 fully saturated rings. The Morgan fingerprint density at radius 1 is 0.957 bits per heavy atom. The molecule has 23 heavy (non-hydrogen) atoms. The number of rotatable bonds is 3. The van der Waals surface area contributed by atoms with Gasteiger partial charge in [0, 0.05) is 5.69 Å². The van der Waals surface area contributed by atoms with Gasteiger partial charge in [-0.15, -0.1) is 10.2 Å². The van der Waals surface area contributed by atoms with Crippen molar-refractivity contribution in [3.8, 4) is 28.7 Å². The van der Waals surface area contributed by atoms with Crippen molar-refractivity contribution in [3.05, 3.63) is 60.4 Å². The molecule has 114 valence electrons. The molecule has 0 bridgehead atoms. The predicted octanol–water partition coefficient (Wildman–Crippen LogP) is 3.80. The summed E-state index contributed by atoms with van der Waals surface area (Å²) in [5.41, 5.74) is 2.54. The van der Waals surface area contributed by atoms with E-state index in [9.17, 15) is 0 Å². The van der Waals surface area contributed by atoms with Crippen molar-refractivity contribution in [2.24, 2.45) is 0 Å². The molecule has 4 aromatic rings. The maximum atomic E-state index is 5.83. The number of hydrogen-bond acceptors (Lipinski definition) is 5. The summed E-state index contributed by atoms with van der Waals surface area (Å²) in [7, 11) is 0. The third-order valence-corrected chi connectivity index (χ3v) is 3.59. The fourth-order valence-corrected chi connectivity index (χ4v) is 2.53. The van der Waals surface area contributed by atoms with Gasteiger partial charge < -0.3 is 8.83 Å². The van der Waals surface area contributed by atoms with E-state index >= 15 is 0 Å². The van der Waals surface area contributed by atoms with Gasteiger partial charge in [-0.3, -0.25) is 4.57 Å². The molecule has 3 heterocycles. The van der Waals surface area contributed by atoms with E-state index in [2.05, 4.69) is 15.2 Å². The molecule has 6 nitrogen and oxygen atoms in total. The van der Waals surface area contributed by atoms with Gasteiger partial charge in [-0.2, -0.15) is 0 Å². The summed E-state index contributed by atoms with van der Waals surface area (Å²) in [6.45, 7) is 3.76. The largest absolute Gasteiger partial charge is 0.466 e. The molecular formula is C17H14N4O2. The van der Waals surface area contributed by atoms with Crippen LogP contribution in [0.25, 0.3) is 28.7 Å². The first-order chi connectivity index (χ1) is 11.2. The third-order valence-electron chi connectivity index (χ3n) is 3.59. The zero-order chi connectivity index (χ0) is 15.8. The summed E-state index contributed by atoms with van der Waals surface area (Å²) in [5.74, 6) is 2.43. The third kappa shape index (κ3) is 2.34. The molecule has 0 N–H and O–H groups in total. The molecule has 0 unspecified atom stereocenters. The number of hydrogen-bond donors (Lipinski definition) is 0. The Kier molecular flexibility index (Phi) is 3.08. The molecule has 0 atom stereocenters. The van der Waals surface area contributed by atoms with Crippen LogP contribution in [-0.4, -0.2) is 19.7 Å². The number of imidazole rings is 1. The Labute approximate surface area is 132 Å². The van der Waals surface area contributed by atoms with Gasteiger partial charge in [-0.1, -0.05) is 18.2 Å². The minimum atomic E-state index is 0.416. The molecule has 4 rings (SSSR count). The molecular weight excluding hydrogens is 292 g/mol. The van der Waals surface area contributed by atoms with E-state index in [1.165, 1.54) is 0 Å². The van der Waals surface area contributed by atoms with Gasteiger partial charge in [0.2, 0.25) is 0 Å². The minimum absolute atomic E-state index is 0.416. The van der Waals surface area contributed by atoms with Crippen molar-refractivity contribution in [2.75, 3.05) is 0 Å². The van der Waals surface area contributed by atoms with Crippen LogP contribution in [0.1, 0.15) is 11.5 Å². The monoisotopic (exact) mass is 306 g/mol. The number of aromatic nitrogens is 4. The van der Waals surface area contributed by atoms with Crippen molar-refractivity contribution < 1.29 is 8.83 Å². The van der Waals surface area contributed by atoms with Crippen LogP contribution in [0.2, 0.25) is 0 Å². The number of nitrogens with zero attached hydrogens (tertiary/aromatic N) is 4. The molecule has 0 radical (unpaired) electrons. The predicted molar refractivity (Wildman–Crippen MR) is 84.0 cm³/mol. The standard InChI is InChI=1S/C17H14N4O2/c1-11-8-14(12(2)22-11)16-19-20-17(23-16)15-9-18-10-21(15)13-6-4-3-5-7-13/h3-10H,1-2H3. The highest BCUT2D eigenvalue weighted by atomic mass is 16.4. The van der Waals surface area contributed by atoms with Gasteiger partial charge in [0.1, 0.15) is 17.2 Å². The van der Waals surface area contributed by atoms with Gasteiger partial charge >= 0.3 is 0 Å². The smallest absolute Gasteiger partial charge is 0.266 e. The van der Waals surface area contributed by atoms with Crippen LogP contribution in [0.3, 0.4) is 0 Å². The summed E-state index contributed by atoms with van der Waals surface area (Å²) < 4.78 is 13.3. The number of benzene rings is 1. The topological polar surface area (TPSA) is 69.9 Å². The van der Waals surface area contributed by atoms with Crippen LogP contribution in [0, 0.1) is 13.8 Å². The molecule has 3 aromatic heterocycles. The highest BCUT2D eigenvalue weighted by Gasteiger charge is 2.18. The lowest BCUT2D eigenvalue weighted by Crippen LogP contribution is -1.94. The average Bonchev–Trinajstić information content (AvgIpc) is 3.27. The second-order valence-corrected chi connectivity index (χ2v) is 5.22. The first-order valence-electron chi connectivity index (χ1n) is 7.21. The van der Waals surface area contributed by atoms with Crippen LogP contribution in [0.15, 0.2) is 57.8 Å². The van der Waals surface area contributed by atoms with Crippen LogP contribution in [-0.2, 0) is 0 Å². The van der Waals surface area contributed by atoms with Crippen molar-refractivity contribution in [2.45, 2.75) is 13.8 Å². The summed E-state index contributed by atoms with van der Waals surface area (Å²) in [4.78, 5) is 4.20. The van der Waals surface area contributed by atoms with Crippen LogP contribution in [0.5, 0.6) is 0 Å². The van der Waals surface area contributed by atoms with E-state index < -0.39 is 0 Å². The van der Waals surface area contributed by atoms with Crippen LogP contribution in [0.4, 0.5) is 0 Å². The zero-order valence-electron chi connectivity index (χ0n) is 12.7. The van der Waals surface area contributed by atoms with Gasteiger partial charge in [-0.25, -0.2) is 4.98 Å². The van der Waals surface area contributed by atoms with E-state index in [1.54, 1.807) is 12.5 Å². The van der Waals surface area contributed by atoms with Crippen LogP contribution < -0.4 is 0 Å². The Bertz CT molecular complexity index is 950. The quantitative estimate of drug-likeness (QED) is 0.576. The fourth-order valence-electron chi connectivity index (χ4n) is 2.53. The summed E-state index contributed by atoms with van der Waals surface area (Å²) in [6, 6.07) is 11.8. The highest BCUT2D eigenvalue weighted by Crippen LogP contribution is 2.29. The molecule has 0 aliphatic carbocycles. The Morgan fingerprint density at radius 3 is 2.48 bits per heavy atom. The lowest BCUT2D eigenvalue weighted by molar-refractivity contribution is 0.503. The Balaban J connectivity index is 1.76. The molecule has 6 heteroatoms. The summed E-state index contributed by atoms with van der Waals surface area (Å²) in [5, 5.41) is 8.29. The van der Waals surface area contributed by atoms with Gasteiger partial charge in [-0.05, 0) is 32.0 Å². The summed E-state index contributed by atoms with van der Waals surface area (Å²) >= 11 is 0. The lowest BCUT2D eigenvalue weighted by atomic mass is 10.2. The van der Waals surface area contributed by atoms with Gasteiger partial charge in [0.15, 0.2) is 0 Å². The fraction of sp³-hybridized carbons (Fsp3) is 0.118. The van der Waals surface area contributed by atoms with Crippen molar-refractivity contribution >= 4 is 0 Å². The first-order valence-corrected chi connectivity index (χ1v) is 7.21. The summed E-state index contributed by atoms with van der Waals surface area (Å²) in [6.07, 6.45) is 3.43. The number of furan rings is 1. The van der Waals surface area contributed by atoms with Gasteiger partial charge in [0.05, 0.1) is 18.1 Å². The highest BCUT2D eigenvalue weighted by molar-refractivity contribution is 5.59. The Morgan fingerprint density at radius 2 is 1.74 bits per heavy atom.